The van der Waals surface area contributed by atoms with Crippen molar-refractivity contribution in [2.45, 2.75) is 18.4 Å². The molecule has 7 nitrogen and oxygen atoms in total. The Morgan fingerprint density at radius 3 is 2.82 bits per heavy atom. The van der Waals surface area contributed by atoms with Crippen LogP contribution >= 0.6 is 11.3 Å². The summed E-state index contributed by atoms with van der Waals surface area (Å²) in [5.41, 5.74) is -0.111. The standard InChI is InChI=1S/C18H19F2N5O2S/c1-24-8-10(7-18(19,20)9-24)21-15-17(27)25(2)16(23-22-15)12-3-4-13-11(14(12)26)5-6-28-13/h3-6,10,26H,7-9H2,1-2H3,(H,21,22)/t10-/m1/s1. The number of likely N-dealkylation sites (N-methyl/N-ethyl adjacent to an activating group) is 1. The number of hydrogen-bond donors (Lipinski definition) is 2. The summed E-state index contributed by atoms with van der Waals surface area (Å²) >= 11 is 1.49. The molecule has 3 aromatic rings. The summed E-state index contributed by atoms with van der Waals surface area (Å²) in [6.45, 7) is 0.0654. The number of hydrogen-bond acceptors (Lipinski definition) is 7. The van der Waals surface area contributed by atoms with Crippen molar-refractivity contribution in [3.8, 4) is 17.1 Å². The minimum Gasteiger partial charge on any atom is -0.507 e. The molecule has 1 saturated heterocycles. The molecule has 1 atom stereocenters. The summed E-state index contributed by atoms with van der Waals surface area (Å²) in [6, 6.07) is 4.70. The van der Waals surface area contributed by atoms with E-state index in [-0.39, 0.29) is 30.4 Å². The van der Waals surface area contributed by atoms with E-state index in [1.54, 1.807) is 19.2 Å². The molecular formula is C18H19F2N5O2S. The molecule has 10 heteroatoms. The van der Waals surface area contributed by atoms with Crippen LogP contribution in [0.15, 0.2) is 28.4 Å². The first-order valence-corrected chi connectivity index (χ1v) is 9.59. The van der Waals surface area contributed by atoms with E-state index in [2.05, 4.69) is 15.5 Å². The van der Waals surface area contributed by atoms with Gasteiger partial charge < -0.3 is 10.4 Å². The molecule has 1 aromatic carbocycles. The fraction of sp³-hybridized carbons (Fsp3) is 0.389. The van der Waals surface area contributed by atoms with Crippen molar-refractivity contribution >= 4 is 27.2 Å². The average Bonchev–Trinajstić information content (AvgIpc) is 3.08. The van der Waals surface area contributed by atoms with Gasteiger partial charge in [0.1, 0.15) is 5.75 Å². The number of nitrogens with one attached hydrogen (secondary N) is 1. The molecule has 3 heterocycles. The first-order valence-electron chi connectivity index (χ1n) is 8.71. The van der Waals surface area contributed by atoms with Crippen LogP contribution < -0.4 is 10.9 Å². The molecule has 1 fully saturated rings. The van der Waals surface area contributed by atoms with Crippen molar-refractivity contribution in [2.75, 3.05) is 25.5 Å². The SMILES string of the molecule is CN1C[C@H](Nc2nnc(-c3ccc4sccc4c3O)n(C)c2=O)CC(F)(F)C1. The van der Waals surface area contributed by atoms with Gasteiger partial charge in [0, 0.05) is 36.1 Å². The predicted molar refractivity (Wildman–Crippen MR) is 104 cm³/mol. The molecule has 28 heavy (non-hydrogen) atoms. The highest BCUT2D eigenvalue weighted by Crippen LogP contribution is 2.36. The van der Waals surface area contributed by atoms with Crippen LogP contribution in [0.5, 0.6) is 5.75 Å². The quantitative estimate of drug-likeness (QED) is 0.694. The third-order valence-electron chi connectivity index (χ3n) is 4.84. The van der Waals surface area contributed by atoms with E-state index in [1.165, 1.54) is 27.9 Å². The van der Waals surface area contributed by atoms with E-state index in [4.69, 9.17) is 0 Å². The maximum atomic E-state index is 13.8. The van der Waals surface area contributed by atoms with Crippen molar-refractivity contribution in [1.29, 1.82) is 0 Å². The van der Waals surface area contributed by atoms with E-state index >= 15 is 0 Å². The number of nitrogens with zero attached hydrogens (tertiary/aromatic N) is 4. The van der Waals surface area contributed by atoms with Gasteiger partial charge in [-0.2, -0.15) is 0 Å². The Bertz CT molecular complexity index is 1100. The normalized spacial score (nSPS) is 19.8. The lowest BCUT2D eigenvalue weighted by atomic mass is 10.0. The van der Waals surface area contributed by atoms with Gasteiger partial charge in [-0.1, -0.05) is 0 Å². The second kappa shape index (κ2) is 6.78. The number of aromatic nitrogens is 3. The van der Waals surface area contributed by atoms with Gasteiger partial charge in [0.25, 0.3) is 11.5 Å². The number of piperidine rings is 1. The molecular weight excluding hydrogens is 388 g/mol. The van der Waals surface area contributed by atoms with Crippen molar-refractivity contribution in [3.05, 3.63) is 33.9 Å². The Balaban J connectivity index is 1.67. The van der Waals surface area contributed by atoms with Crippen LogP contribution in [-0.2, 0) is 7.05 Å². The highest BCUT2D eigenvalue weighted by molar-refractivity contribution is 7.17. The zero-order chi connectivity index (χ0) is 20.1. The molecule has 0 radical (unpaired) electrons. The molecule has 1 aliphatic heterocycles. The Kier molecular flexibility index (Phi) is 4.54. The van der Waals surface area contributed by atoms with Crippen LogP contribution in [0.2, 0.25) is 0 Å². The highest BCUT2D eigenvalue weighted by atomic mass is 32.1. The van der Waals surface area contributed by atoms with Crippen LogP contribution in [0.1, 0.15) is 6.42 Å². The number of benzene rings is 1. The Hall–Kier alpha value is -2.59. The number of fused-ring (bicyclic) bond motifs is 1. The van der Waals surface area contributed by atoms with Gasteiger partial charge >= 0.3 is 0 Å². The molecule has 1 aliphatic rings. The van der Waals surface area contributed by atoms with Crippen LogP contribution in [0.4, 0.5) is 14.6 Å². The third-order valence-corrected chi connectivity index (χ3v) is 5.72. The van der Waals surface area contributed by atoms with E-state index in [0.717, 1.165) is 4.70 Å². The van der Waals surface area contributed by atoms with Crippen LogP contribution in [0, 0.1) is 0 Å². The molecule has 0 saturated carbocycles. The third kappa shape index (κ3) is 3.33. The zero-order valence-corrected chi connectivity index (χ0v) is 16.1. The topological polar surface area (TPSA) is 83.3 Å². The summed E-state index contributed by atoms with van der Waals surface area (Å²) < 4.78 is 29.8. The van der Waals surface area contributed by atoms with Gasteiger partial charge in [-0.3, -0.25) is 14.3 Å². The van der Waals surface area contributed by atoms with Crippen molar-refractivity contribution < 1.29 is 13.9 Å². The van der Waals surface area contributed by atoms with Gasteiger partial charge in [0.05, 0.1) is 12.1 Å². The maximum Gasteiger partial charge on any atom is 0.296 e. The Morgan fingerprint density at radius 1 is 1.29 bits per heavy atom. The lowest BCUT2D eigenvalue weighted by Crippen LogP contribution is -2.50. The lowest BCUT2D eigenvalue weighted by Gasteiger charge is -2.35. The summed E-state index contributed by atoms with van der Waals surface area (Å²) in [5, 5.41) is 23.9. The predicted octanol–water partition coefficient (Wildman–Crippen LogP) is 2.51. The summed E-state index contributed by atoms with van der Waals surface area (Å²) in [5.74, 6) is -2.69. The number of thiophene rings is 1. The molecule has 4 rings (SSSR count). The van der Waals surface area contributed by atoms with Gasteiger partial charge in [0.15, 0.2) is 5.82 Å². The van der Waals surface area contributed by atoms with E-state index in [0.29, 0.717) is 17.5 Å². The maximum absolute atomic E-state index is 13.8. The fourth-order valence-corrected chi connectivity index (χ4v) is 4.40. The number of anilines is 1. The number of rotatable bonds is 3. The summed E-state index contributed by atoms with van der Waals surface area (Å²) in [4.78, 5) is 14.2. The average molecular weight is 407 g/mol. The van der Waals surface area contributed by atoms with Crippen LogP contribution in [0.3, 0.4) is 0 Å². The van der Waals surface area contributed by atoms with Gasteiger partial charge in [-0.15, -0.1) is 21.5 Å². The Morgan fingerprint density at radius 2 is 2.07 bits per heavy atom. The van der Waals surface area contributed by atoms with E-state index in [9.17, 15) is 18.7 Å². The summed E-state index contributed by atoms with van der Waals surface area (Å²) in [6.07, 6.45) is -0.375. The number of likely N-dealkylation sites (tertiary alicyclic amines) is 1. The first kappa shape index (κ1) is 18.8. The second-order valence-electron chi connectivity index (χ2n) is 7.13. The molecule has 0 aliphatic carbocycles. The number of aromatic hydroxyl groups is 1. The lowest BCUT2D eigenvalue weighted by molar-refractivity contribution is -0.0611. The van der Waals surface area contributed by atoms with Gasteiger partial charge in [0.2, 0.25) is 5.82 Å². The van der Waals surface area contributed by atoms with Crippen molar-refractivity contribution in [2.24, 2.45) is 7.05 Å². The number of phenolic OH excluding ortho intramolecular Hbond substituents is 1. The molecule has 148 valence electrons. The van der Waals surface area contributed by atoms with E-state index in [1.807, 2.05) is 11.4 Å². The van der Waals surface area contributed by atoms with Crippen LogP contribution in [0.25, 0.3) is 21.5 Å². The fourth-order valence-electron chi connectivity index (χ4n) is 3.61. The molecule has 2 N–H and O–H groups in total. The minimum absolute atomic E-state index is 0.0253. The monoisotopic (exact) mass is 407 g/mol. The van der Waals surface area contributed by atoms with Crippen molar-refractivity contribution in [1.82, 2.24) is 19.7 Å². The molecule has 0 bridgehead atoms. The largest absolute Gasteiger partial charge is 0.507 e. The highest BCUT2D eigenvalue weighted by Gasteiger charge is 2.39. The minimum atomic E-state index is -2.83. The van der Waals surface area contributed by atoms with Crippen molar-refractivity contribution in [3.63, 3.8) is 0 Å². The Labute approximate surface area is 163 Å². The number of alkyl halides is 2. The summed E-state index contributed by atoms with van der Waals surface area (Å²) in [7, 11) is 3.12. The molecule has 0 amide bonds. The van der Waals surface area contributed by atoms with Crippen LogP contribution in [-0.4, -0.2) is 56.9 Å². The number of phenols is 1. The first-order chi connectivity index (χ1) is 13.2. The second-order valence-corrected chi connectivity index (χ2v) is 8.08. The van der Waals surface area contributed by atoms with Gasteiger partial charge in [-0.05, 0) is 30.6 Å². The molecule has 0 spiro atoms. The van der Waals surface area contributed by atoms with E-state index < -0.39 is 17.5 Å². The number of halogens is 2. The smallest absolute Gasteiger partial charge is 0.296 e. The molecule has 2 aromatic heterocycles. The zero-order valence-electron chi connectivity index (χ0n) is 15.3. The van der Waals surface area contributed by atoms with Gasteiger partial charge in [-0.25, -0.2) is 8.78 Å². The molecule has 0 unspecified atom stereocenters.